The second-order valence-electron chi connectivity index (χ2n) is 6.28. The van der Waals surface area contributed by atoms with Gasteiger partial charge in [-0.1, -0.05) is 24.3 Å². The van der Waals surface area contributed by atoms with Gasteiger partial charge < -0.3 is 14.6 Å². The second-order valence-corrected chi connectivity index (χ2v) is 7.28. The first-order chi connectivity index (χ1) is 14.4. The molecule has 1 N–H and O–H groups in total. The maximum Gasteiger partial charge on any atom is 0.335 e. The number of thioether (sulfide) groups is 1. The summed E-state index contributed by atoms with van der Waals surface area (Å²) in [5.74, 6) is -0.371. The van der Waals surface area contributed by atoms with Gasteiger partial charge in [0.1, 0.15) is 6.61 Å². The predicted octanol–water partition coefficient (Wildman–Crippen LogP) is 4.19. The molecule has 0 aliphatic carbocycles. The van der Waals surface area contributed by atoms with E-state index in [9.17, 15) is 14.4 Å². The van der Waals surface area contributed by atoms with Gasteiger partial charge in [-0.15, -0.1) is 6.58 Å². The Balaban J connectivity index is 1.73. The Hall–Kier alpha value is -3.52. The van der Waals surface area contributed by atoms with Gasteiger partial charge in [-0.25, -0.2) is 4.79 Å². The highest BCUT2D eigenvalue weighted by Gasteiger charge is 2.34. The summed E-state index contributed by atoms with van der Waals surface area (Å²) in [5.41, 5.74) is 1.70. The largest absolute Gasteiger partial charge is 0.493 e. The van der Waals surface area contributed by atoms with Crippen molar-refractivity contribution in [1.82, 2.24) is 4.90 Å². The number of amides is 2. The number of carbonyl (C=O) groups is 3. The zero-order valence-electron chi connectivity index (χ0n) is 16.2. The Morgan fingerprint density at radius 3 is 2.53 bits per heavy atom. The van der Waals surface area contributed by atoms with E-state index in [0.717, 1.165) is 22.2 Å². The average molecular weight is 425 g/mol. The molecule has 1 fully saturated rings. The van der Waals surface area contributed by atoms with E-state index in [0.29, 0.717) is 22.0 Å². The van der Waals surface area contributed by atoms with Gasteiger partial charge in [0, 0.05) is 6.54 Å². The lowest BCUT2D eigenvalue weighted by molar-refractivity contribution is -0.122. The van der Waals surface area contributed by atoms with Crippen molar-refractivity contribution in [3.05, 3.63) is 76.7 Å². The molecule has 1 heterocycles. The fourth-order valence-corrected chi connectivity index (χ4v) is 3.58. The van der Waals surface area contributed by atoms with Crippen LogP contribution in [-0.2, 0) is 11.4 Å². The first-order valence-corrected chi connectivity index (χ1v) is 9.74. The molecule has 2 amide bonds. The molecule has 0 aromatic heterocycles. The highest BCUT2D eigenvalue weighted by molar-refractivity contribution is 8.18. The van der Waals surface area contributed by atoms with Gasteiger partial charge in [-0.05, 0) is 53.2 Å². The molecule has 8 heteroatoms. The number of carbonyl (C=O) groups excluding carboxylic acids is 2. The Labute approximate surface area is 177 Å². The van der Waals surface area contributed by atoms with Crippen LogP contribution in [0.1, 0.15) is 21.5 Å². The van der Waals surface area contributed by atoms with E-state index >= 15 is 0 Å². The van der Waals surface area contributed by atoms with Gasteiger partial charge in [0.25, 0.3) is 11.1 Å². The van der Waals surface area contributed by atoms with Crippen molar-refractivity contribution in [3.63, 3.8) is 0 Å². The first-order valence-electron chi connectivity index (χ1n) is 8.92. The number of aromatic carboxylic acids is 1. The van der Waals surface area contributed by atoms with Crippen LogP contribution in [0.15, 0.2) is 60.0 Å². The van der Waals surface area contributed by atoms with E-state index < -0.39 is 5.97 Å². The molecular weight excluding hydrogens is 406 g/mol. The number of carboxylic acid groups (broad SMARTS) is 1. The Morgan fingerprint density at radius 1 is 1.17 bits per heavy atom. The third-order valence-corrected chi connectivity index (χ3v) is 5.17. The summed E-state index contributed by atoms with van der Waals surface area (Å²) in [4.78, 5) is 36.6. The molecule has 0 atom stereocenters. The Morgan fingerprint density at radius 2 is 1.90 bits per heavy atom. The summed E-state index contributed by atoms with van der Waals surface area (Å²) in [6, 6.07) is 11.6. The predicted molar refractivity (Wildman–Crippen MR) is 114 cm³/mol. The molecule has 7 nitrogen and oxygen atoms in total. The molecule has 2 aromatic rings. The summed E-state index contributed by atoms with van der Waals surface area (Å²) in [5, 5.41) is 8.62. The van der Waals surface area contributed by atoms with Crippen molar-refractivity contribution >= 4 is 35.0 Å². The molecule has 0 radical (unpaired) electrons. The number of imide groups is 1. The number of nitrogens with zero attached hydrogens (tertiary/aromatic N) is 1. The van der Waals surface area contributed by atoms with Crippen molar-refractivity contribution in [2.75, 3.05) is 13.7 Å². The minimum atomic E-state index is -0.984. The van der Waals surface area contributed by atoms with E-state index in [2.05, 4.69) is 6.58 Å². The van der Waals surface area contributed by atoms with Gasteiger partial charge in [0.2, 0.25) is 0 Å². The van der Waals surface area contributed by atoms with Crippen LogP contribution in [0.5, 0.6) is 11.5 Å². The van der Waals surface area contributed by atoms with Crippen LogP contribution < -0.4 is 9.47 Å². The normalized spacial score (nSPS) is 14.8. The molecule has 1 aliphatic rings. The quantitative estimate of drug-likeness (QED) is 0.501. The Kier molecular flexibility index (Phi) is 6.58. The molecule has 2 aromatic carbocycles. The summed E-state index contributed by atoms with van der Waals surface area (Å²) < 4.78 is 11.2. The van der Waals surface area contributed by atoms with E-state index in [1.54, 1.807) is 36.4 Å². The van der Waals surface area contributed by atoms with Crippen LogP contribution in [0.25, 0.3) is 6.08 Å². The molecular formula is C22H19NO6S. The van der Waals surface area contributed by atoms with Gasteiger partial charge in [-0.3, -0.25) is 14.5 Å². The number of hydrogen-bond acceptors (Lipinski definition) is 6. The maximum atomic E-state index is 12.3. The molecule has 1 aliphatic heterocycles. The molecule has 0 bridgehead atoms. The highest BCUT2D eigenvalue weighted by Crippen LogP contribution is 2.34. The van der Waals surface area contributed by atoms with Crippen molar-refractivity contribution in [2.45, 2.75) is 6.61 Å². The third kappa shape index (κ3) is 4.72. The summed E-state index contributed by atoms with van der Waals surface area (Å²) in [6.45, 7) is 3.96. The number of carboxylic acids is 1. The van der Waals surface area contributed by atoms with Crippen LogP contribution in [0.2, 0.25) is 0 Å². The first kappa shape index (κ1) is 21.2. The van der Waals surface area contributed by atoms with E-state index in [1.807, 2.05) is 0 Å². The number of hydrogen-bond donors (Lipinski definition) is 1. The fraction of sp³-hybridized carbons (Fsp3) is 0.136. The number of methoxy groups -OCH3 is 1. The topological polar surface area (TPSA) is 93.1 Å². The SMILES string of the molecule is C=CCN1C(=O)S/C(=C\c2ccc(OCc3ccc(C(=O)O)cc3)c(OC)c2)C1=O. The minimum absolute atomic E-state index is 0.172. The lowest BCUT2D eigenvalue weighted by Crippen LogP contribution is -2.27. The Bertz CT molecular complexity index is 1030. The zero-order chi connectivity index (χ0) is 21.7. The molecule has 3 rings (SSSR count). The summed E-state index contributed by atoms with van der Waals surface area (Å²) in [6.07, 6.45) is 3.13. The van der Waals surface area contributed by atoms with Crippen LogP contribution >= 0.6 is 11.8 Å². The maximum absolute atomic E-state index is 12.3. The molecule has 154 valence electrons. The van der Waals surface area contributed by atoms with Crippen molar-refractivity contribution < 1.29 is 29.0 Å². The minimum Gasteiger partial charge on any atom is -0.493 e. The van der Waals surface area contributed by atoms with Gasteiger partial charge in [0.15, 0.2) is 11.5 Å². The highest BCUT2D eigenvalue weighted by atomic mass is 32.2. The van der Waals surface area contributed by atoms with Crippen LogP contribution in [-0.4, -0.2) is 40.8 Å². The number of ether oxygens (including phenoxy) is 2. The lowest BCUT2D eigenvalue weighted by atomic mass is 10.1. The molecule has 1 saturated heterocycles. The summed E-state index contributed by atoms with van der Waals surface area (Å²) in [7, 11) is 1.51. The molecule has 0 saturated carbocycles. The third-order valence-electron chi connectivity index (χ3n) is 4.27. The summed E-state index contributed by atoms with van der Waals surface area (Å²) >= 11 is 0.882. The average Bonchev–Trinajstić information content (AvgIpc) is 3.00. The van der Waals surface area contributed by atoms with Crippen LogP contribution in [0.3, 0.4) is 0 Å². The number of rotatable bonds is 8. The van der Waals surface area contributed by atoms with E-state index in [4.69, 9.17) is 14.6 Å². The van der Waals surface area contributed by atoms with Gasteiger partial charge in [0.05, 0.1) is 17.6 Å². The van der Waals surface area contributed by atoms with Crippen molar-refractivity contribution in [1.29, 1.82) is 0 Å². The zero-order valence-corrected chi connectivity index (χ0v) is 17.0. The smallest absolute Gasteiger partial charge is 0.335 e. The monoisotopic (exact) mass is 425 g/mol. The molecule has 0 unspecified atom stereocenters. The van der Waals surface area contributed by atoms with Crippen molar-refractivity contribution in [2.24, 2.45) is 0 Å². The van der Waals surface area contributed by atoms with Gasteiger partial charge >= 0.3 is 5.97 Å². The molecule has 0 spiro atoms. The van der Waals surface area contributed by atoms with E-state index in [1.165, 1.54) is 25.3 Å². The number of benzene rings is 2. The van der Waals surface area contributed by atoms with Crippen molar-refractivity contribution in [3.8, 4) is 11.5 Å². The van der Waals surface area contributed by atoms with E-state index in [-0.39, 0.29) is 29.9 Å². The lowest BCUT2D eigenvalue weighted by Gasteiger charge is -2.12. The van der Waals surface area contributed by atoms with Gasteiger partial charge in [-0.2, -0.15) is 0 Å². The second kappa shape index (κ2) is 9.32. The standard InChI is InChI=1S/C22H19NO6S/c1-3-10-23-20(24)19(30-22(23)27)12-15-6-9-17(18(11-15)28-2)29-13-14-4-7-16(8-5-14)21(25)26/h3-9,11-12H,1,10,13H2,2H3,(H,25,26)/b19-12-. The van der Waals surface area contributed by atoms with Crippen LogP contribution in [0, 0.1) is 0 Å². The molecule has 30 heavy (non-hydrogen) atoms. The fourth-order valence-electron chi connectivity index (χ4n) is 2.74. The van der Waals surface area contributed by atoms with Crippen LogP contribution in [0.4, 0.5) is 4.79 Å².